The Morgan fingerprint density at radius 2 is 1.79 bits per heavy atom. The molecular formula is C26H30F2N6O3S. The minimum Gasteiger partial charge on any atom is -0.494 e. The van der Waals surface area contributed by atoms with Crippen molar-refractivity contribution >= 4 is 32.1 Å². The van der Waals surface area contributed by atoms with E-state index in [2.05, 4.69) is 33.9 Å². The van der Waals surface area contributed by atoms with E-state index < -0.39 is 37.7 Å². The van der Waals surface area contributed by atoms with E-state index >= 15 is 0 Å². The monoisotopic (exact) mass is 544 g/mol. The number of piperidine rings is 1. The molecule has 3 N–H and O–H groups in total. The fraction of sp³-hybridized carbons (Fsp3) is 0.346. The van der Waals surface area contributed by atoms with Gasteiger partial charge in [0.15, 0.2) is 11.3 Å². The zero-order chi connectivity index (χ0) is 27.2. The molecule has 0 spiro atoms. The lowest BCUT2D eigenvalue weighted by atomic mass is 10.0. The van der Waals surface area contributed by atoms with Crippen LogP contribution in [0.3, 0.4) is 0 Å². The third kappa shape index (κ3) is 4.42. The number of nitrogens with zero attached hydrogens (tertiary/aromatic N) is 4. The van der Waals surface area contributed by atoms with Gasteiger partial charge in [0.2, 0.25) is 9.84 Å². The first-order valence-electron chi connectivity index (χ1n) is 12.2. The van der Waals surface area contributed by atoms with E-state index in [0.717, 1.165) is 49.8 Å². The van der Waals surface area contributed by atoms with E-state index in [-0.39, 0.29) is 5.56 Å². The zero-order valence-corrected chi connectivity index (χ0v) is 22.2. The lowest BCUT2D eigenvalue weighted by molar-refractivity contribution is 0.249. The summed E-state index contributed by atoms with van der Waals surface area (Å²) in [7, 11) is 1.08. The highest BCUT2D eigenvalue weighted by atomic mass is 32.2. The number of H-pyrrole nitrogens is 1. The molecule has 202 valence electrons. The summed E-state index contributed by atoms with van der Waals surface area (Å²) < 4.78 is 61.3. The van der Waals surface area contributed by atoms with Gasteiger partial charge in [-0.15, -0.1) is 0 Å². The van der Waals surface area contributed by atoms with Crippen LogP contribution in [0.15, 0.2) is 58.5 Å². The smallest absolute Gasteiger partial charge is 0.230 e. The number of sulfone groups is 1. The van der Waals surface area contributed by atoms with Crippen molar-refractivity contribution in [2.75, 3.05) is 44.1 Å². The molecule has 2 aliphatic heterocycles. The highest BCUT2D eigenvalue weighted by Crippen LogP contribution is 2.42. The highest BCUT2D eigenvalue weighted by molar-refractivity contribution is 8.07. The van der Waals surface area contributed by atoms with Crippen LogP contribution in [-0.2, 0) is 9.84 Å². The summed E-state index contributed by atoms with van der Waals surface area (Å²) in [6.07, 6.45) is 2.41. The third-order valence-electron chi connectivity index (χ3n) is 7.14. The summed E-state index contributed by atoms with van der Waals surface area (Å²) in [5, 5.41) is -0.513. The molecular weight excluding hydrogens is 514 g/mol. The Kier molecular flexibility index (Phi) is 6.88. The molecule has 0 saturated carbocycles. The Bertz CT molecular complexity index is 1460. The van der Waals surface area contributed by atoms with Crippen LogP contribution >= 0.6 is 0 Å². The summed E-state index contributed by atoms with van der Waals surface area (Å²) in [5.74, 6) is -1.56. The number of methoxy groups -OCH3 is 1. The number of nitrogens with two attached hydrogens (primary N) is 1. The minimum atomic E-state index is -4.66. The molecule has 0 radical (unpaired) electrons. The quantitative estimate of drug-likeness (QED) is 0.507. The van der Waals surface area contributed by atoms with Gasteiger partial charge >= 0.3 is 0 Å². The molecule has 9 nitrogen and oxygen atoms in total. The number of halogens is 2. The lowest BCUT2D eigenvalue weighted by Crippen LogP contribution is -2.43. The number of nitrogens with one attached hydrogen (secondary N) is 1. The maximum Gasteiger partial charge on any atom is 0.230 e. The number of fused-ring (bicyclic) bond motifs is 1. The van der Waals surface area contributed by atoms with Gasteiger partial charge in [-0.25, -0.2) is 22.2 Å². The summed E-state index contributed by atoms with van der Waals surface area (Å²) in [6.45, 7) is 1.82. The Morgan fingerprint density at radius 3 is 2.42 bits per heavy atom. The van der Waals surface area contributed by atoms with E-state index in [9.17, 15) is 17.2 Å². The molecule has 0 bridgehead atoms. The predicted octanol–water partition coefficient (Wildman–Crippen LogP) is 3.45. The number of hydrogen-bond donors (Lipinski definition) is 2. The van der Waals surface area contributed by atoms with Crippen LogP contribution in [-0.4, -0.2) is 70.0 Å². The fourth-order valence-electron chi connectivity index (χ4n) is 5.13. The van der Waals surface area contributed by atoms with Crippen LogP contribution in [0.1, 0.15) is 18.4 Å². The topological polar surface area (TPSA) is 107 Å². The van der Waals surface area contributed by atoms with Crippen LogP contribution < -0.4 is 20.3 Å². The van der Waals surface area contributed by atoms with E-state index in [1.165, 1.54) is 12.3 Å². The van der Waals surface area contributed by atoms with Gasteiger partial charge in [-0.2, -0.15) is 0 Å². The summed E-state index contributed by atoms with van der Waals surface area (Å²) >= 11 is 0. The van der Waals surface area contributed by atoms with Gasteiger partial charge in [0, 0.05) is 37.1 Å². The van der Waals surface area contributed by atoms with Crippen molar-refractivity contribution in [3.8, 4) is 5.75 Å². The van der Waals surface area contributed by atoms with Crippen LogP contribution in [0.2, 0.25) is 0 Å². The normalized spacial score (nSPS) is 18.5. The second-order valence-corrected chi connectivity index (χ2v) is 11.4. The second-order valence-electron chi connectivity index (χ2n) is 9.55. The summed E-state index contributed by atoms with van der Waals surface area (Å²) in [6, 6.07) is 10.6. The molecule has 1 aromatic heterocycles. The fourth-order valence-corrected chi connectivity index (χ4v) is 6.67. The predicted molar refractivity (Wildman–Crippen MR) is 143 cm³/mol. The average Bonchev–Trinajstić information content (AvgIpc) is 3.37. The average molecular weight is 545 g/mol. The number of ether oxygens (including phenoxy) is 1. The van der Waals surface area contributed by atoms with Crippen LogP contribution in [0.4, 0.5) is 26.0 Å². The molecule has 0 amide bonds. The number of hydrogen-bond acceptors (Lipinski definition) is 8. The van der Waals surface area contributed by atoms with Crippen molar-refractivity contribution < 1.29 is 21.9 Å². The Labute approximate surface area is 220 Å². The van der Waals surface area contributed by atoms with Crippen molar-refractivity contribution in [1.82, 2.24) is 9.88 Å². The number of aromatic nitrogens is 1. The minimum absolute atomic E-state index is 0.145. The molecule has 2 aliphatic rings. The molecule has 3 aromatic rings. The van der Waals surface area contributed by atoms with Crippen LogP contribution in [0.5, 0.6) is 5.75 Å². The van der Waals surface area contributed by atoms with Gasteiger partial charge in [-0.1, -0.05) is 6.07 Å². The Hall–Kier alpha value is -3.48. The maximum atomic E-state index is 14.4. The molecule has 38 heavy (non-hydrogen) atoms. The van der Waals surface area contributed by atoms with Crippen molar-refractivity contribution in [3.05, 3.63) is 65.9 Å². The molecule has 1 saturated heterocycles. The van der Waals surface area contributed by atoms with Crippen molar-refractivity contribution in [1.29, 1.82) is 0 Å². The van der Waals surface area contributed by atoms with E-state index in [1.54, 1.807) is 12.0 Å². The van der Waals surface area contributed by atoms with Crippen LogP contribution in [0, 0.1) is 11.6 Å². The van der Waals surface area contributed by atoms with Gasteiger partial charge in [0.25, 0.3) is 0 Å². The van der Waals surface area contributed by atoms with Gasteiger partial charge < -0.3 is 19.5 Å². The number of aliphatic imine (C=N–C) groups is 1. The summed E-state index contributed by atoms with van der Waals surface area (Å²) in [4.78, 5) is 12.3. The van der Waals surface area contributed by atoms with E-state index in [0.29, 0.717) is 23.3 Å². The molecule has 1 unspecified atom stereocenters. The SMILES string of the molecule is COc1cc(N2CCC(N(C)C)CC2)ccc1N1c2[nH]ccc2C(S(=O)(=O)c2c(F)cccc2F)=NC1N. The molecule has 5 rings (SSSR count). The number of benzene rings is 2. The van der Waals surface area contributed by atoms with Gasteiger partial charge in [-0.3, -0.25) is 10.6 Å². The molecule has 2 aromatic carbocycles. The molecule has 3 heterocycles. The number of rotatable bonds is 5. The maximum absolute atomic E-state index is 14.4. The highest BCUT2D eigenvalue weighted by Gasteiger charge is 2.38. The van der Waals surface area contributed by atoms with Crippen molar-refractivity contribution in [3.63, 3.8) is 0 Å². The lowest BCUT2D eigenvalue weighted by Gasteiger charge is -2.37. The second kappa shape index (κ2) is 10.0. The largest absolute Gasteiger partial charge is 0.494 e. The van der Waals surface area contributed by atoms with Crippen molar-refractivity contribution in [2.45, 2.75) is 30.1 Å². The first-order chi connectivity index (χ1) is 18.1. The van der Waals surface area contributed by atoms with Crippen LogP contribution in [0.25, 0.3) is 0 Å². The molecule has 1 fully saturated rings. The first-order valence-corrected chi connectivity index (χ1v) is 13.7. The van der Waals surface area contributed by atoms with Gasteiger partial charge in [0.05, 0.1) is 18.4 Å². The van der Waals surface area contributed by atoms with E-state index in [1.807, 2.05) is 18.2 Å². The molecule has 0 aliphatic carbocycles. The van der Waals surface area contributed by atoms with Gasteiger partial charge in [-0.05, 0) is 57.3 Å². The van der Waals surface area contributed by atoms with Crippen molar-refractivity contribution in [2.24, 2.45) is 10.7 Å². The molecule has 12 heteroatoms. The summed E-state index contributed by atoms with van der Waals surface area (Å²) in [5.41, 5.74) is 8.08. The Balaban J connectivity index is 1.50. The Morgan fingerprint density at radius 1 is 1.11 bits per heavy atom. The third-order valence-corrected chi connectivity index (χ3v) is 8.90. The number of aromatic amines is 1. The molecule has 1 atom stereocenters. The zero-order valence-electron chi connectivity index (χ0n) is 21.4. The first kappa shape index (κ1) is 26.1. The standard InChI is InChI=1S/C26H30F2N6O3S/c1-32(2)16-10-13-33(14-11-16)17-7-8-21(22(15-17)37-3)34-24-18(9-12-30-24)25(31-26(34)29)38(35,36)23-19(27)5-4-6-20(23)28/h4-9,12,15-16,26,30H,10-11,13-14,29H2,1-3H3. The number of anilines is 3. The van der Waals surface area contributed by atoms with Gasteiger partial charge in [0.1, 0.15) is 28.1 Å². The van der Waals surface area contributed by atoms with E-state index in [4.69, 9.17) is 10.5 Å².